The van der Waals surface area contributed by atoms with E-state index in [9.17, 15) is 4.79 Å². The van der Waals surface area contributed by atoms with E-state index in [0.29, 0.717) is 5.96 Å². The van der Waals surface area contributed by atoms with Crippen molar-refractivity contribution in [3.8, 4) is 0 Å². The van der Waals surface area contributed by atoms with Crippen LogP contribution in [0.4, 0.5) is 0 Å². The van der Waals surface area contributed by atoms with Gasteiger partial charge in [0.1, 0.15) is 6.54 Å². The number of hydrogen-bond acceptors (Lipinski definition) is 2. The van der Waals surface area contributed by atoms with Gasteiger partial charge in [-0.25, -0.2) is 4.99 Å². The molecule has 0 bridgehead atoms. The van der Waals surface area contributed by atoms with E-state index in [1.165, 1.54) is 11.1 Å². The fourth-order valence-electron chi connectivity index (χ4n) is 2.15. The molecule has 0 saturated heterocycles. The number of nitrogens with zero attached hydrogens (tertiary/aromatic N) is 2. The fourth-order valence-corrected chi connectivity index (χ4v) is 2.15. The minimum absolute atomic E-state index is 0. The van der Waals surface area contributed by atoms with Gasteiger partial charge in [-0.2, -0.15) is 0 Å². The van der Waals surface area contributed by atoms with E-state index in [4.69, 9.17) is 0 Å². The molecule has 1 amide bonds. The summed E-state index contributed by atoms with van der Waals surface area (Å²) in [5.74, 6) is 0.678. The van der Waals surface area contributed by atoms with Crippen LogP contribution in [-0.4, -0.2) is 44.0 Å². The Morgan fingerprint density at radius 3 is 2.36 bits per heavy atom. The van der Waals surface area contributed by atoms with Gasteiger partial charge >= 0.3 is 0 Å². The summed E-state index contributed by atoms with van der Waals surface area (Å²) in [4.78, 5) is 17.7. The highest BCUT2D eigenvalue weighted by Gasteiger charge is 2.09. The molecule has 0 aromatic heterocycles. The highest BCUT2D eigenvalue weighted by atomic mass is 127. The Morgan fingerprint density at radius 1 is 1.20 bits per heavy atom. The van der Waals surface area contributed by atoms with E-state index >= 15 is 0 Å². The van der Waals surface area contributed by atoms with Gasteiger partial charge in [0, 0.05) is 20.6 Å². The molecule has 142 valence electrons. The summed E-state index contributed by atoms with van der Waals surface area (Å²) < 4.78 is 0. The monoisotopic (exact) mass is 460 g/mol. The Morgan fingerprint density at radius 2 is 1.84 bits per heavy atom. The molecule has 0 aliphatic rings. The number of likely N-dealkylation sites (N-methyl/N-ethyl adjacent to an activating group) is 1. The number of carbonyl (C=O) groups excluding carboxylic acids is 1. The third-order valence-electron chi connectivity index (χ3n) is 3.94. The van der Waals surface area contributed by atoms with Crippen molar-refractivity contribution < 1.29 is 4.79 Å². The molecule has 1 rings (SSSR count). The molecule has 0 saturated carbocycles. The number of halogens is 1. The zero-order valence-corrected chi connectivity index (χ0v) is 18.5. The van der Waals surface area contributed by atoms with Crippen LogP contribution in [0.3, 0.4) is 0 Å². The minimum atomic E-state index is -0.00783. The first-order chi connectivity index (χ1) is 11.5. The number of amides is 1. The SMILES string of the molecule is CCCCNC(=NCC(=O)N(C)C)NC(C)c1ccc(CC)cc1.I. The maximum atomic E-state index is 11.8. The number of hydrogen-bond donors (Lipinski definition) is 2. The lowest BCUT2D eigenvalue weighted by Crippen LogP contribution is -2.40. The van der Waals surface area contributed by atoms with Crippen LogP contribution in [0.1, 0.15) is 50.8 Å². The van der Waals surface area contributed by atoms with E-state index in [0.717, 1.165) is 25.8 Å². The lowest BCUT2D eigenvalue weighted by molar-refractivity contribution is -0.127. The van der Waals surface area contributed by atoms with Gasteiger partial charge in [0.05, 0.1) is 6.04 Å². The zero-order valence-electron chi connectivity index (χ0n) is 16.1. The first-order valence-electron chi connectivity index (χ1n) is 8.81. The average Bonchev–Trinajstić information content (AvgIpc) is 2.59. The minimum Gasteiger partial charge on any atom is -0.356 e. The second-order valence-electron chi connectivity index (χ2n) is 6.19. The van der Waals surface area contributed by atoms with Crippen molar-refractivity contribution in [1.82, 2.24) is 15.5 Å². The molecule has 2 N–H and O–H groups in total. The fraction of sp³-hybridized carbons (Fsp3) is 0.579. The highest BCUT2D eigenvalue weighted by molar-refractivity contribution is 14.0. The van der Waals surface area contributed by atoms with Crippen molar-refractivity contribution in [1.29, 1.82) is 0 Å². The number of aliphatic imine (C=N–C) groups is 1. The van der Waals surface area contributed by atoms with Gasteiger partial charge in [0.25, 0.3) is 0 Å². The van der Waals surface area contributed by atoms with Crippen LogP contribution >= 0.6 is 24.0 Å². The third kappa shape index (κ3) is 9.09. The molecule has 0 aliphatic heterocycles. The smallest absolute Gasteiger partial charge is 0.243 e. The van der Waals surface area contributed by atoms with Crippen LogP contribution in [0.15, 0.2) is 29.3 Å². The van der Waals surface area contributed by atoms with Crippen LogP contribution in [0.5, 0.6) is 0 Å². The average molecular weight is 460 g/mol. The lowest BCUT2D eigenvalue weighted by Gasteiger charge is -2.19. The topological polar surface area (TPSA) is 56.7 Å². The van der Waals surface area contributed by atoms with Crippen molar-refractivity contribution in [2.75, 3.05) is 27.2 Å². The summed E-state index contributed by atoms with van der Waals surface area (Å²) in [6.45, 7) is 7.40. The molecule has 1 aromatic carbocycles. The molecule has 25 heavy (non-hydrogen) atoms. The van der Waals surface area contributed by atoms with E-state index < -0.39 is 0 Å². The predicted molar refractivity (Wildman–Crippen MR) is 117 cm³/mol. The van der Waals surface area contributed by atoms with Crippen molar-refractivity contribution >= 4 is 35.8 Å². The molecule has 0 heterocycles. The van der Waals surface area contributed by atoms with Crippen LogP contribution in [0.2, 0.25) is 0 Å². The van der Waals surface area contributed by atoms with Gasteiger partial charge in [-0.1, -0.05) is 44.5 Å². The second-order valence-corrected chi connectivity index (χ2v) is 6.19. The molecule has 0 spiro atoms. The van der Waals surface area contributed by atoms with Crippen molar-refractivity contribution in [2.24, 2.45) is 4.99 Å². The van der Waals surface area contributed by atoms with Crippen LogP contribution < -0.4 is 10.6 Å². The number of nitrogens with one attached hydrogen (secondary N) is 2. The first-order valence-corrected chi connectivity index (χ1v) is 8.81. The summed E-state index contributed by atoms with van der Waals surface area (Å²) in [6, 6.07) is 8.73. The molecule has 1 unspecified atom stereocenters. The van der Waals surface area contributed by atoms with Crippen molar-refractivity contribution in [3.05, 3.63) is 35.4 Å². The molecular formula is C19H33IN4O. The summed E-state index contributed by atoms with van der Waals surface area (Å²) in [6.07, 6.45) is 3.23. The summed E-state index contributed by atoms with van der Waals surface area (Å²) in [7, 11) is 3.49. The van der Waals surface area contributed by atoms with Gasteiger partial charge in [0.2, 0.25) is 5.91 Å². The van der Waals surface area contributed by atoms with Gasteiger partial charge in [-0.05, 0) is 30.9 Å². The Labute approximate surface area is 169 Å². The lowest BCUT2D eigenvalue weighted by atomic mass is 10.1. The van der Waals surface area contributed by atoms with Gasteiger partial charge in [-0.15, -0.1) is 24.0 Å². The molecule has 5 nitrogen and oxygen atoms in total. The molecule has 6 heteroatoms. The largest absolute Gasteiger partial charge is 0.356 e. The second kappa shape index (κ2) is 13.0. The van der Waals surface area contributed by atoms with Gasteiger partial charge in [0.15, 0.2) is 5.96 Å². The molecule has 0 radical (unpaired) electrons. The standard InChI is InChI=1S/C19H32N4O.HI/c1-6-8-13-20-19(21-14-18(24)23(4)5)22-15(3)17-11-9-16(7-2)10-12-17;/h9-12,15H,6-8,13-14H2,1-5H3,(H2,20,21,22);1H. The molecular weight excluding hydrogens is 427 g/mol. The van der Waals surface area contributed by atoms with E-state index in [1.807, 2.05) is 0 Å². The van der Waals surface area contributed by atoms with E-state index in [1.54, 1.807) is 19.0 Å². The number of rotatable bonds is 8. The normalized spacial score (nSPS) is 12.1. The molecule has 1 atom stereocenters. The van der Waals surface area contributed by atoms with E-state index in [2.05, 4.69) is 60.7 Å². The zero-order chi connectivity index (χ0) is 17.9. The molecule has 0 aliphatic carbocycles. The van der Waals surface area contributed by atoms with Crippen LogP contribution in [0.25, 0.3) is 0 Å². The maximum Gasteiger partial charge on any atom is 0.243 e. The Hall–Kier alpha value is -1.31. The molecule has 0 fully saturated rings. The van der Waals surface area contributed by atoms with Gasteiger partial charge < -0.3 is 15.5 Å². The maximum absolute atomic E-state index is 11.8. The van der Waals surface area contributed by atoms with Gasteiger partial charge in [-0.3, -0.25) is 4.79 Å². The Kier molecular flexibility index (Phi) is 12.3. The Bertz CT molecular complexity index is 529. The van der Waals surface area contributed by atoms with Crippen molar-refractivity contribution in [3.63, 3.8) is 0 Å². The van der Waals surface area contributed by atoms with Crippen LogP contribution in [0, 0.1) is 0 Å². The Balaban J connectivity index is 0.00000576. The number of guanidine groups is 1. The first kappa shape index (κ1) is 23.7. The summed E-state index contributed by atoms with van der Waals surface area (Å²) in [5, 5.41) is 6.70. The number of benzene rings is 1. The predicted octanol–water partition coefficient (Wildman–Crippen LogP) is 3.35. The van der Waals surface area contributed by atoms with Crippen LogP contribution in [-0.2, 0) is 11.2 Å². The third-order valence-corrected chi connectivity index (χ3v) is 3.94. The van der Waals surface area contributed by atoms with Crippen molar-refractivity contribution in [2.45, 2.75) is 46.1 Å². The summed E-state index contributed by atoms with van der Waals surface area (Å²) in [5.41, 5.74) is 2.54. The number of aryl methyl sites for hydroxylation is 1. The number of unbranched alkanes of at least 4 members (excludes halogenated alkanes) is 1. The van der Waals surface area contributed by atoms with E-state index in [-0.39, 0.29) is 42.5 Å². The summed E-state index contributed by atoms with van der Waals surface area (Å²) >= 11 is 0. The molecule has 1 aromatic rings. The quantitative estimate of drug-likeness (QED) is 0.271. The number of carbonyl (C=O) groups is 1. The highest BCUT2D eigenvalue weighted by Crippen LogP contribution is 2.13.